The lowest BCUT2D eigenvalue weighted by Gasteiger charge is -2.26. The van der Waals surface area contributed by atoms with Gasteiger partial charge in [-0.2, -0.15) is 0 Å². The summed E-state index contributed by atoms with van der Waals surface area (Å²) >= 11 is 4.31. The first kappa shape index (κ1) is 24.1. The molecule has 39 heavy (non-hydrogen) atoms. The van der Waals surface area contributed by atoms with Crippen molar-refractivity contribution in [3.63, 3.8) is 0 Å². The highest BCUT2D eigenvalue weighted by molar-refractivity contribution is 14.1. The van der Waals surface area contributed by atoms with Crippen LogP contribution in [-0.4, -0.2) is 0 Å². The van der Waals surface area contributed by atoms with Crippen molar-refractivity contribution in [2.24, 2.45) is 0 Å². The zero-order valence-electron chi connectivity index (χ0n) is 21.1. The molecule has 0 N–H and O–H groups in total. The van der Waals surface area contributed by atoms with Crippen LogP contribution in [0.3, 0.4) is 0 Å². The fraction of sp³-hybridized carbons (Fsp3) is 0. The molecule has 0 bridgehead atoms. The molecule has 0 amide bonds. The standard InChI is InChI=1S/C36H24INS/c37-29-21-28(27-17-20-36-34(23-27)33-13-7-8-14-35(33)39-36)22-32(24-29)38(30-11-5-2-6-12-30)31-18-15-26(16-19-31)25-9-3-1-4-10-25/h1-24H. The summed E-state index contributed by atoms with van der Waals surface area (Å²) in [6.45, 7) is 0. The molecule has 3 heteroatoms. The lowest BCUT2D eigenvalue weighted by molar-refractivity contribution is 1.28. The summed E-state index contributed by atoms with van der Waals surface area (Å²) in [5, 5.41) is 2.65. The number of benzene rings is 6. The fourth-order valence-electron chi connectivity index (χ4n) is 5.23. The summed E-state index contributed by atoms with van der Waals surface area (Å²) in [6.07, 6.45) is 0. The van der Waals surface area contributed by atoms with Crippen molar-refractivity contribution in [1.29, 1.82) is 0 Å². The van der Waals surface area contributed by atoms with E-state index >= 15 is 0 Å². The van der Waals surface area contributed by atoms with E-state index in [9.17, 15) is 0 Å². The van der Waals surface area contributed by atoms with E-state index in [2.05, 4.69) is 173 Å². The monoisotopic (exact) mass is 629 g/mol. The molecule has 186 valence electrons. The van der Waals surface area contributed by atoms with E-state index in [0.717, 1.165) is 17.1 Å². The Morgan fingerprint density at radius 3 is 1.82 bits per heavy atom. The maximum absolute atomic E-state index is 2.45. The molecule has 0 unspecified atom stereocenters. The molecule has 0 aliphatic carbocycles. The Hall–Kier alpha value is -3.93. The predicted molar refractivity (Wildman–Crippen MR) is 178 cm³/mol. The largest absolute Gasteiger partial charge is 0.310 e. The highest BCUT2D eigenvalue weighted by Gasteiger charge is 2.15. The quantitative estimate of drug-likeness (QED) is 0.171. The highest BCUT2D eigenvalue weighted by atomic mass is 127. The molecule has 1 heterocycles. The summed E-state index contributed by atoms with van der Waals surface area (Å²) in [5.74, 6) is 0. The number of thiophene rings is 1. The van der Waals surface area contributed by atoms with Crippen molar-refractivity contribution in [3.8, 4) is 22.3 Å². The van der Waals surface area contributed by atoms with Gasteiger partial charge in [0.1, 0.15) is 0 Å². The van der Waals surface area contributed by atoms with Gasteiger partial charge in [-0.25, -0.2) is 0 Å². The van der Waals surface area contributed by atoms with E-state index in [1.165, 1.54) is 46.0 Å². The zero-order chi connectivity index (χ0) is 26.2. The molecule has 7 aromatic rings. The summed E-state index contributed by atoms with van der Waals surface area (Å²) < 4.78 is 3.87. The minimum absolute atomic E-state index is 1.13. The molecule has 6 aromatic carbocycles. The third-order valence-electron chi connectivity index (χ3n) is 7.10. The second kappa shape index (κ2) is 10.3. The Balaban J connectivity index is 1.34. The van der Waals surface area contributed by atoms with E-state index in [0.29, 0.717) is 0 Å². The first-order valence-corrected chi connectivity index (χ1v) is 14.9. The third-order valence-corrected chi connectivity index (χ3v) is 8.87. The summed E-state index contributed by atoms with van der Waals surface area (Å²) in [4.78, 5) is 2.35. The minimum Gasteiger partial charge on any atom is -0.310 e. The molecule has 0 spiro atoms. The number of hydrogen-bond acceptors (Lipinski definition) is 2. The Bertz CT molecular complexity index is 1910. The topological polar surface area (TPSA) is 3.24 Å². The maximum Gasteiger partial charge on any atom is 0.0478 e. The van der Waals surface area contributed by atoms with Gasteiger partial charge >= 0.3 is 0 Å². The first-order chi connectivity index (χ1) is 19.2. The second-order valence-electron chi connectivity index (χ2n) is 9.59. The number of nitrogens with zero attached hydrogens (tertiary/aromatic N) is 1. The number of rotatable bonds is 5. The highest BCUT2D eigenvalue weighted by Crippen LogP contribution is 2.40. The minimum atomic E-state index is 1.13. The average molecular weight is 630 g/mol. The smallest absolute Gasteiger partial charge is 0.0478 e. The maximum atomic E-state index is 2.45. The van der Waals surface area contributed by atoms with E-state index in [1.54, 1.807) is 0 Å². The van der Waals surface area contributed by atoms with Crippen LogP contribution in [0.25, 0.3) is 42.4 Å². The van der Waals surface area contributed by atoms with Gasteiger partial charge in [0, 0.05) is 40.8 Å². The summed E-state index contributed by atoms with van der Waals surface area (Å²) in [5.41, 5.74) is 8.31. The van der Waals surface area contributed by atoms with Crippen molar-refractivity contribution in [3.05, 3.63) is 149 Å². The molecule has 7 rings (SSSR count). The molecule has 0 aliphatic rings. The van der Waals surface area contributed by atoms with Gasteiger partial charge < -0.3 is 4.90 Å². The average Bonchev–Trinajstić information content (AvgIpc) is 3.36. The van der Waals surface area contributed by atoms with Crippen LogP contribution >= 0.6 is 33.9 Å². The van der Waals surface area contributed by atoms with Crippen LogP contribution in [-0.2, 0) is 0 Å². The first-order valence-electron chi connectivity index (χ1n) is 13.0. The normalized spacial score (nSPS) is 11.2. The van der Waals surface area contributed by atoms with E-state index in [-0.39, 0.29) is 0 Å². The van der Waals surface area contributed by atoms with Gasteiger partial charge in [0.25, 0.3) is 0 Å². The predicted octanol–water partition coefficient (Wildman–Crippen LogP) is 11.5. The zero-order valence-corrected chi connectivity index (χ0v) is 24.1. The summed E-state index contributed by atoms with van der Waals surface area (Å²) in [6, 6.07) is 52.5. The van der Waals surface area contributed by atoms with Crippen LogP contribution in [0.15, 0.2) is 146 Å². The van der Waals surface area contributed by atoms with E-state index in [1.807, 2.05) is 11.3 Å². The molecule has 0 fully saturated rings. The Morgan fingerprint density at radius 1 is 0.410 bits per heavy atom. The number of halogens is 1. The molecule has 0 atom stereocenters. The van der Waals surface area contributed by atoms with Crippen molar-refractivity contribution in [1.82, 2.24) is 0 Å². The third kappa shape index (κ3) is 4.73. The summed E-state index contributed by atoms with van der Waals surface area (Å²) in [7, 11) is 0. The molecule has 0 aliphatic heterocycles. The Kier molecular flexibility index (Phi) is 6.39. The molecule has 1 nitrogen and oxygen atoms in total. The van der Waals surface area contributed by atoms with E-state index < -0.39 is 0 Å². The molecular weight excluding hydrogens is 605 g/mol. The van der Waals surface area contributed by atoms with Crippen molar-refractivity contribution >= 4 is 71.2 Å². The molecule has 0 saturated carbocycles. The lowest BCUT2D eigenvalue weighted by Crippen LogP contribution is -2.10. The van der Waals surface area contributed by atoms with Gasteiger partial charge in [0.15, 0.2) is 0 Å². The van der Waals surface area contributed by atoms with Crippen molar-refractivity contribution < 1.29 is 0 Å². The number of anilines is 3. The lowest BCUT2D eigenvalue weighted by atomic mass is 10.0. The van der Waals surface area contributed by atoms with Crippen LogP contribution in [0.4, 0.5) is 17.1 Å². The number of fused-ring (bicyclic) bond motifs is 3. The van der Waals surface area contributed by atoms with Gasteiger partial charge in [0.2, 0.25) is 0 Å². The molecule has 0 saturated heterocycles. The van der Waals surface area contributed by atoms with Crippen LogP contribution in [0.5, 0.6) is 0 Å². The van der Waals surface area contributed by atoms with Crippen LogP contribution in [0.1, 0.15) is 0 Å². The number of hydrogen-bond donors (Lipinski definition) is 0. The van der Waals surface area contributed by atoms with Crippen LogP contribution < -0.4 is 4.90 Å². The molecule has 1 aromatic heterocycles. The second-order valence-corrected chi connectivity index (χ2v) is 11.9. The van der Waals surface area contributed by atoms with Gasteiger partial charge in [-0.15, -0.1) is 11.3 Å². The van der Waals surface area contributed by atoms with Gasteiger partial charge in [-0.3, -0.25) is 0 Å². The molecule has 0 radical (unpaired) electrons. The van der Waals surface area contributed by atoms with Crippen molar-refractivity contribution in [2.45, 2.75) is 0 Å². The SMILES string of the molecule is Ic1cc(-c2ccc3sc4ccccc4c3c2)cc(N(c2ccccc2)c2ccc(-c3ccccc3)cc2)c1. The van der Waals surface area contributed by atoms with Crippen LogP contribution in [0, 0.1) is 3.57 Å². The molecular formula is C36H24INS. The van der Waals surface area contributed by atoms with E-state index in [4.69, 9.17) is 0 Å². The van der Waals surface area contributed by atoms with Gasteiger partial charge in [-0.05, 0) is 106 Å². The number of para-hydroxylation sites is 1. The van der Waals surface area contributed by atoms with Crippen molar-refractivity contribution in [2.75, 3.05) is 4.90 Å². The Labute approximate surface area is 246 Å². The fourth-order valence-corrected chi connectivity index (χ4v) is 6.97. The van der Waals surface area contributed by atoms with Gasteiger partial charge in [-0.1, -0.05) is 84.9 Å². The van der Waals surface area contributed by atoms with Crippen LogP contribution in [0.2, 0.25) is 0 Å². The van der Waals surface area contributed by atoms with Gasteiger partial charge in [0.05, 0.1) is 0 Å². The Morgan fingerprint density at radius 2 is 1.03 bits per heavy atom.